The van der Waals surface area contributed by atoms with Gasteiger partial charge in [0.1, 0.15) is 0 Å². The van der Waals surface area contributed by atoms with Gasteiger partial charge in [-0.25, -0.2) is 5.43 Å². The van der Waals surface area contributed by atoms with Gasteiger partial charge in [0.2, 0.25) is 5.91 Å². The van der Waals surface area contributed by atoms with Crippen LogP contribution in [-0.4, -0.2) is 12.1 Å². The standard InChI is InChI=1S/C23H25BrN2O/c1-23(2,3)18-11-9-17(10-12-18)20-14-21(20)22(27)26-25-15-19(24)13-16-7-5-4-6-8-16/h4-13,15,20-21H,14H2,1-3H3,(H,26,27)/b19-13-,25-15-. The molecule has 4 heteroatoms. The number of benzene rings is 2. The molecule has 0 saturated heterocycles. The first-order valence-electron chi connectivity index (χ1n) is 9.20. The number of rotatable bonds is 5. The molecule has 2 atom stereocenters. The van der Waals surface area contributed by atoms with Crippen LogP contribution in [0.15, 0.2) is 64.2 Å². The molecule has 1 saturated carbocycles. The van der Waals surface area contributed by atoms with Gasteiger partial charge in [-0.2, -0.15) is 5.10 Å². The van der Waals surface area contributed by atoms with Gasteiger partial charge < -0.3 is 0 Å². The van der Waals surface area contributed by atoms with Gasteiger partial charge in [-0.05, 0) is 56.5 Å². The van der Waals surface area contributed by atoms with E-state index in [9.17, 15) is 4.79 Å². The first-order valence-corrected chi connectivity index (χ1v) is 9.99. The molecule has 2 aromatic rings. The number of hydrazone groups is 1. The number of amides is 1. The van der Waals surface area contributed by atoms with Gasteiger partial charge in [-0.1, -0.05) is 75.4 Å². The van der Waals surface area contributed by atoms with E-state index in [1.807, 2.05) is 36.4 Å². The second-order valence-corrected chi connectivity index (χ2v) is 8.91. The van der Waals surface area contributed by atoms with E-state index in [4.69, 9.17) is 0 Å². The molecule has 1 amide bonds. The van der Waals surface area contributed by atoms with Gasteiger partial charge in [-0.15, -0.1) is 0 Å². The molecule has 1 N–H and O–H groups in total. The molecule has 0 bridgehead atoms. The summed E-state index contributed by atoms with van der Waals surface area (Å²) in [5.41, 5.74) is 6.42. The summed E-state index contributed by atoms with van der Waals surface area (Å²) in [4.78, 5) is 12.3. The summed E-state index contributed by atoms with van der Waals surface area (Å²) in [7, 11) is 0. The fourth-order valence-corrected chi connectivity index (χ4v) is 3.44. The minimum atomic E-state index is -0.0174. The maximum atomic E-state index is 12.3. The predicted molar refractivity (Wildman–Crippen MR) is 116 cm³/mol. The van der Waals surface area contributed by atoms with Crippen molar-refractivity contribution in [3.05, 3.63) is 75.8 Å². The molecule has 0 radical (unpaired) electrons. The van der Waals surface area contributed by atoms with E-state index in [-0.39, 0.29) is 17.2 Å². The minimum Gasteiger partial charge on any atom is -0.273 e. The summed E-state index contributed by atoms with van der Waals surface area (Å²) in [6.07, 6.45) is 4.45. The van der Waals surface area contributed by atoms with Crippen molar-refractivity contribution < 1.29 is 4.79 Å². The molecule has 0 heterocycles. The van der Waals surface area contributed by atoms with Gasteiger partial charge in [0.05, 0.1) is 6.21 Å². The van der Waals surface area contributed by atoms with E-state index in [0.717, 1.165) is 16.5 Å². The van der Waals surface area contributed by atoms with E-state index in [0.29, 0.717) is 5.92 Å². The van der Waals surface area contributed by atoms with Crippen molar-refractivity contribution in [3.8, 4) is 0 Å². The Morgan fingerprint density at radius 2 is 1.78 bits per heavy atom. The predicted octanol–water partition coefficient (Wildman–Crippen LogP) is 5.63. The third-order valence-electron chi connectivity index (χ3n) is 4.80. The van der Waals surface area contributed by atoms with Crippen LogP contribution < -0.4 is 5.43 Å². The van der Waals surface area contributed by atoms with Gasteiger partial charge in [-0.3, -0.25) is 4.79 Å². The molecule has 1 aliphatic carbocycles. The lowest BCUT2D eigenvalue weighted by atomic mass is 9.86. The van der Waals surface area contributed by atoms with E-state index in [1.165, 1.54) is 11.1 Å². The highest BCUT2D eigenvalue weighted by Crippen LogP contribution is 2.47. The van der Waals surface area contributed by atoms with Crippen LogP contribution >= 0.6 is 15.9 Å². The maximum absolute atomic E-state index is 12.3. The van der Waals surface area contributed by atoms with Crippen LogP contribution in [-0.2, 0) is 10.2 Å². The van der Waals surface area contributed by atoms with Gasteiger partial charge in [0.15, 0.2) is 0 Å². The Hall–Kier alpha value is -2.20. The number of hydrogen-bond donors (Lipinski definition) is 1. The van der Waals surface area contributed by atoms with Crippen LogP contribution in [0, 0.1) is 5.92 Å². The highest BCUT2D eigenvalue weighted by molar-refractivity contribution is 9.12. The summed E-state index contributed by atoms with van der Waals surface area (Å²) < 4.78 is 0.805. The van der Waals surface area contributed by atoms with Crippen LogP contribution in [0.25, 0.3) is 6.08 Å². The monoisotopic (exact) mass is 424 g/mol. The number of nitrogens with zero attached hydrogens (tertiary/aromatic N) is 1. The Morgan fingerprint density at radius 1 is 1.11 bits per heavy atom. The Kier molecular flexibility index (Phi) is 5.95. The third-order valence-corrected chi connectivity index (χ3v) is 5.23. The van der Waals surface area contributed by atoms with Crippen molar-refractivity contribution in [1.82, 2.24) is 5.43 Å². The summed E-state index contributed by atoms with van der Waals surface area (Å²) in [6, 6.07) is 18.6. The Bertz CT molecular complexity index is 848. The number of carbonyl (C=O) groups is 1. The summed E-state index contributed by atoms with van der Waals surface area (Å²) in [5, 5.41) is 4.06. The molecule has 140 valence electrons. The normalized spacial score (nSPS) is 19.9. The molecular weight excluding hydrogens is 400 g/mol. The number of halogens is 1. The van der Waals surface area contributed by atoms with Crippen molar-refractivity contribution in [2.45, 2.75) is 38.5 Å². The fourth-order valence-electron chi connectivity index (χ4n) is 3.07. The van der Waals surface area contributed by atoms with Crippen LogP contribution in [0.3, 0.4) is 0 Å². The van der Waals surface area contributed by atoms with Crippen molar-refractivity contribution in [1.29, 1.82) is 0 Å². The lowest BCUT2D eigenvalue weighted by Crippen LogP contribution is -2.20. The number of carbonyl (C=O) groups excluding carboxylic acids is 1. The second-order valence-electron chi connectivity index (χ2n) is 7.99. The molecular formula is C23H25BrN2O. The first-order chi connectivity index (χ1) is 12.8. The average molecular weight is 425 g/mol. The van der Waals surface area contributed by atoms with Crippen molar-refractivity contribution in [3.63, 3.8) is 0 Å². The van der Waals surface area contributed by atoms with Crippen LogP contribution in [0.4, 0.5) is 0 Å². The topological polar surface area (TPSA) is 41.5 Å². The Balaban J connectivity index is 1.52. The second kappa shape index (κ2) is 8.22. The molecule has 1 aliphatic rings. The third kappa shape index (κ3) is 5.39. The zero-order valence-corrected chi connectivity index (χ0v) is 17.5. The highest BCUT2D eigenvalue weighted by atomic mass is 79.9. The number of hydrogen-bond acceptors (Lipinski definition) is 2. The lowest BCUT2D eigenvalue weighted by Gasteiger charge is -2.19. The van der Waals surface area contributed by atoms with Crippen LogP contribution in [0.1, 0.15) is 49.8 Å². The average Bonchev–Trinajstić information content (AvgIpc) is 3.43. The summed E-state index contributed by atoms with van der Waals surface area (Å²) in [5.74, 6) is 0.299. The molecule has 3 rings (SSSR count). The molecule has 27 heavy (non-hydrogen) atoms. The molecule has 1 fully saturated rings. The molecule has 0 aromatic heterocycles. The van der Waals surface area contributed by atoms with E-state index >= 15 is 0 Å². The minimum absolute atomic E-state index is 0.0134. The molecule has 3 nitrogen and oxygen atoms in total. The smallest absolute Gasteiger partial charge is 0.243 e. The first kappa shape index (κ1) is 19.6. The summed E-state index contributed by atoms with van der Waals surface area (Å²) >= 11 is 3.45. The van der Waals surface area contributed by atoms with Crippen LogP contribution in [0.2, 0.25) is 0 Å². The fraction of sp³-hybridized carbons (Fsp3) is 0.304. The zero-order valence-electron chi connectivity index (χ0n) is 15.9. The summed E-state index contributed by atoms with van der Waals surface area (Å²) in [6.45, 7) is 6.62. The Morgan fingerprint density at radius 3 is 2.41 bits per heavy atom. The molecule has 2 unspecified atom stereocenters. The number of nitrogens with one attached hydrogen (secondary N) is 1. The van der Waals surface area contributed by atoms with Crippen LogP contribution in [0.5, 0.6) is 0 Å². The maximum Gasteiger partial charge on any atom is 0.243 e. The number of allylic oxidation sites excluding steroid dienone is 1. The highest BCUT2D eigenvalue weighted by Gasteiger charge is 2.43. The van der Waals surface area contributed by atoms with Gasteiger partial charge >= 0.3 is 0 Å². The van der Waals surface area contributed by atoms with Gasteiger partial charge in [0, 0.05) is 10.4 Å². The Labute approximate surface area is 169 Å². The van der Waals surface area contributed by atoms with E-state index < -0.39 is 0 Å². The van der Waals surface area contributed by atoms with E-state index in [2.05, 4.69) is 71.5 Å². The van der Waals surface area contributed by atoms with Gasteiger partial charge in [0.25, 0.3) is 0 Å². The molecule has 0 spiro atoms. The quantitative estimate of drug-likeness (QED) is 0.490. The van der Waals surface area contributed by atoms with Crippen molar-refractivity contribution in [2.75, 3.05) is 0 Å². The van der Waals surface area contributed by atoms with Crippen molar-refractivity contribution in [2.24, 2.45) is 11.0 Å². The largest absolute Gasteiger partial charge is 0.273 e. The SMILES string of the molecule is CC(C)(C)c1ccc(C2CC2C(=O)N/N=C\C(Br)=C\c2ccccc2)cc1. The molecule has 2 aromatic carbocycles. The van der Waals surface area contributed by atoms with Crippen molar-refractivity contribution >= 4 is 34.1 Å². The lowest BCUT2D eigenvalue weighted by molar-refractivity contribution is -0.122. The molecule has 0 aliphatic heterocycles. The zero-order chi connectivity index (χ0) is 19.4. The van der Waals surface area contributed by atoms with E-state index in [1.54, 1.807) is 6.21 Å².